The summed E-state index contributed by atoms with van der Waals surface area (Å²) in [6.07, 6.45) is 4.38. The zero-order valence-corrected chi connectivity index (χ0v) is 18.8. The van der Waals surface area contributed by atoms with E-state index in [1.807, 2.05) is 54.6 Å². The van der Waals surface area contributed by atoms with Gasteiger partial charge in [0.1, 0.15) is 5.75 Å². The maximum absolute atomic E-state index is 12.4. The predicted molar refractivity (Wildman–Crippen MR) is 125 cm³/mol. The van der Waals surface area contributed by atoms with Crippen LogP contribution in [0, 0.1) is 0 Å². The summed E-state index contributed by atoms with van der Waals surface area (Å²) in [7, 11) is 1.65. The number of nitrogens with one attached hydrogen (secondary N) is 2. The maximum Gasteiger partial charge on any atom is 0.220 e. The first kappa shape index (κ1) is 24.3. The molecule has 2 unspecified atom stereocenters. The van der Waals surface area contributed by atoms with Gasteiger partial charge in [-0.2, -0.15) is 11.8 Å². The molecule has 3 N–H and O–H groups in total. The first-order valence-electron chi connectivity index (χ1n) is 10.5. The first-order valence-corrected chi connectivity index (χ1v) is 11.9. The van der Waals surface area contributed by atoms with Crippen molar-refractivity contribution in [3.05, 3.63) is 65.7 Å². The Bertz CT molecular complexity index is 742. The van der Waals surface area contributed by atoms with Gasteiger partial charge in [-0.15, -0.1) is 0 Å². The van der Waals surface area contributed by atoms with Crippen LogP contribution in [0.3, 0.4) is 0 Å². The number of benzene rings is 2. The third-order valence-corrected chi connectivity index (χ3v) is 5.63. The van der Waals surface area contributed by atoms with Gasteiger partial charge in [0, 0.05) is 19.5 Å². The number of hydrogen-bond acceptors (Lipinski definition) is 5. The van der Waals surface area contributed by atoms with Crippen molar-refractivity contribution in [1.82, 2.24) is 10.6 Å². The molecule has 5 nitrogen and oxygen atoms in total. The lowest BCUT2D eigenvalue weighted by Crippen LogP contribution is -2.48. The number of carbonyl (C=O) groups excluding carboxylic acids is 1. The lowest BCUT2D eigenvalue weighted by atomic mass is 10.0. The minimum Gasteiger partial charge on any atom is -0.497 e. The number of aliphatic hydroxyl groups is 1. The predicted octanol–water partition coefficient (Wildman–Crippen LogP) is 3.41. The number of carbonyl (C=O) groups is 1. The van der Waals surface area contributed by atoms with Gasteiger partial charge in [0.15, 0.2) is 0 Å². The molecule has 0 aliphatic rings. The number of aliphatic hydroxyl groups excluding tert-OH is 1. The van der Waals surface area contributed by atoms with Crippen molar-refractivity contribution in [2.45, 2.75) is 44.4 Å². The highest BCUT2D eigenvalue weighted by molar-refractivity contribution is 7.98. The number of rotatable bonds is 14. The van der Waals surface area contributed by atoms with Crippen molar-refractivity contribution >= 4 is 17.7 Å². The number of amides is 1. The van der Waals surface area contributed by atoms with Gasteiger partial charge in [0.25, 0.3) is 0 Å². The van der Waals surface area contributed by atoms with E-state index in [2.05, 4.69) is 16.9 Å². The van der Waals surface area contributed by atoms with Crippen LogP contribution in [0.1, 0.15) is 30.4 Å². The molecule has 164 valence electrons. The molecule has 30 heavy (non-hydrogen) atoms. The standard InChI is InChI=1S/C24H34N2O3S/c1-29-21-12-8-11-20(15-21)17-25-18-23(27)22(16-19-9-4-3-5-10-19)26-24(28)13-6-7-14-30-2/h3-5,8-12,15,22-23,25,27H,6-7,13-14,16-18H2,1-2H3,(H,26,28). The SMILES string of the molecule is COc1cccc(CNCC(O)C(Cc2ccccc2)NC(=O)CCCCSC)c1. The smallest absolute Gasteiger partial charge is 0.220 e. The quantitative estimate of drug-likeness (QED) is 0.401. The fourth-order valence-corrected chi connectivity index (χ4v) is 3.74. The molecule has 2 atom stereocenters. The third kappa shape index (κ3) is 9.20. The molecule has 0 fully saturated rings. The summed E-state index contributed by atoms with van der Waals surface area (Å²) in [5, 5.41) is 17.1. The minimum atomic E-state index is -0.689. The van der Waals surface area contributed by atoms with Gasteiger partial charge in [-0.25, -0.2) is 0 Å². The van der Waals surface area contributed by atoms with E-state index in [0.717, 1.165) is 35.5 Å². The molecule has 0 aromatic heterocycles. The summed E-state index contributed by atoms with van der Waals surface area (Å²) in [6.45, 7) is 1.01. The number of thioether (sulfide) groups is 1. The monoisotopic (exact) mass is 430 g/mol. The summed E-state index contributed by atoms with van der Waals surface area (Å²) in [5.41, 5.74) is 2.18. The maximum atomic E-state index is 12.4. The third-order valence-electron chi connectivity index (χ3n) is 4.93. The fraction of sp³-hybridized carbons (Fsp3) is 0.458. The second kappa shape index (κ2) is 14.1. The summed E-state index contributed by atoms with van der Waals surface area (Å²) >= 11 is 1.80. The van der Waals surface area contributed by atoms with Crippen LogP contribution in [0.4, 0.5) is 0 Å². The molecule has 0 bridgehead atoms. The van der Waals surface area contributed by atoms with Crippen molar-refractivity contribution < 1.29 is 14.6 Å². The van der Waals surface area contributed by atoms with Gasteiger partial charge >= 0.3 is 0 Å². The second-order valence-electron chi connectivity index (χ2n) is 7.36. The van der Waals surface area contributed by atoms with Crippen LogP contribution in [-0.4, -0.2) is 48.8 Å². The van der Waals surface area contributed by atoms with Gasteiger partial charge < -0.3 is 20.5 Å². The number of ether oxygens (including phenoxy) is 1. The van der Waals surface area contributed by atoms with Crippen LogP contribution < -0.4 is 15.4 Å². The zero-order chi connectivity index (χ0) is 21.6. The molecular weight excluding hydrogens is 396 g/mol. The Balaban J connectivity index is 1.89. The Hall–Kier alpha value is -2.02. The summed E-state index contributed by atoms with van der Waals surface area (Å²) in [6, 6.07) is 17.5. The molecule has 2 rings (SSSR count). The molecule has 0 aliphatic carbocycles. The van der Waals surface area contributed by atoms with E-state index in [1.54, 1.807) is 18.9 Å². The van der Waals surface area contributed by atoms with E-state index in [4.69, 9.17) is 4.74 Å². The van der Waals surface area contributed by atoms with Gasteiger partial charge in [0.2, 0.25) is 5.91 Å². The Morgan fingerprint density at radius 2 is 1.87 bits per heavy atom. The van der Waals surface area contributed by atoms with Crippen molar-refractivity contribution in [2.24, 2.45) is 0 Å². The Morgan fingerprint density at radius 1 is 1.10 bits per heavy atom. The number of methoxy groups -OCH3 is 1. The van der Waals surface area contributed by atoms with Gasteiger partial charge in [-0.3, -0.25) is 4.79 Å². The Morgan fingerprint density at radius 3 is 2.60 bits per heavy atom. The Labute approximate surface area is 184 Å². The van der Waals surface area contributed by atoms with Crippen molar-refractivity contribution in [1.29, 1.82) is 0 Å². The van der Waals surface area contributed by atoms with Crippen LogP contribution in [0.5, 0.6) is 5.75 Å². The highest BCUT2D eigenvalue weighted by atomic mass is 32.2. The molecule has 1 amide bonds. The Kier molecular flexibility index (Phi) is 11.4. The van der Waals surface area contributed by atoms with E-state index in [9.17, 15) is 9.90 Å². The normalized spacial score (nSPS) is 12.9. The summed E-state index contributed by atoms with van der Waals surface area (Å²) in [5.74, 6) is 1.88. The molecule has 0 saturated heterocycles. The molecule has 0 radical (unpaired) electrons. The van der Waals surface area contributed by atoms with E-state index in [-0.39, 0.29) is 11.9 Å². The molecule has 6 heteroatoms. The van der Waals surface area contributed by atoms with E-state index < -0.39 is 6.10 Å². The van der Waals surface area contributed by atoms with Crippen molar-refractivity contribution in [3.63, 3.8) is 0 Å². The van der Waals surface area contributed by atoms with Crippen molar-refractivity contribution in [3.8, 4) is 5.75 Å². The molecule has 0 aliphatic heterocycles. The average Bonchev–Trinajstić information content (AvgIpc) is 2.77. The molecular formula is C24H34N2O3S. The topological polar surface area (TPSA) is 70.6 Å². The number of unbranched alkanes of at least 4 members (excludes halogenated alkanes) is 1. The van der Waals surface area contributed by atoms with Gasteiger partial charge in [-0.05, 0) is 54.5 Å². The van der Waals surface area contributed by atoms with Crippen LogP contribution in [-0.2, 0) is 17.8 Å². The van der Waals surface area contributed by atoms with Crippen molar-refractivity contribution in [2.75, 3.05) is 25.7 Å². The summed E-state index contributed by atoms with van der Waals surface area (Å²) in [4.78, 5) is 12.4. The molecule has 2 aromatic rings. The second-order valence-corrected chi connectivity index (χ2v) is 8.35. The highest BCUT2D eigenvalue weighted by Gasteiger charge is 2.21. The highest BCUT2D eigenvalue weighted by Crippen LogP contribution is 2.12. The number of hydrogen-bond donors (Lipinski definition) is 3. The van der Waals surface area contributed by atoms with Crippen LogP contribution >= 0.6 is 11.8 Å². The van der Waals surface area contributed by atoms with E-state index >= 15 is 0 Å². The molecule has 2 aromatic carbocycles. The van der Waals surface area contributed by atoms with E-state index in [1.165, 1.54) is 0 Å². The van der Waals surface area contributed by atoms with Crippen LogP contribution in [0.2, 0.25) is 0 Å². The lowest BCUT2D eigenvalue weighted by molar-refractivity contribution is -0.122. The average molecular weight is 431 g/mol. The zero-order valence-electron chi connectivity index (χ0n) is 18.0. The van der Waals surface area contributed by atoms with E-state index in [0.29, 0.717) is 25.9 Å². The molecule has 0 spiro atoms. The van der Waals surface area contributed by atoms with Gasteiger partial charge in [0.05, 0.1) is 19.3 Å². The minimum absolute atomic E-state index is 0.00359. The lowest BCUT2D eigenvalue weighted by Gasteiger charge is -2.25. The molecule has 0 heterocycles. The van der Waals surface area contributed by atoms with Crippen LogP contribution in [0.25, 0.3) is 0 Å². The summed E-state index contributed by atoms with van der Waals surface area (Å²) < 4.78 is 5.25. The largest absolute Gasteiger partial charge is 0.497 e. The molecule has 0 saturated carbocycles. The first-order chi connectivity index (χ1) is 14.6. The van der Waals surface area contributed by atoms with Gasteiger partial charge in [-0.1, -0.05) is 42.5 Å². The van der Waals surface area contributed by atoms with Crippen LogP contribution in [0.15, 0.2) is 54.6 Å². The fourth-order valence-electron chi connectivity index (χ4n) is 3.25.